The average Bonchev–Trinajstić information content (AvgIpc) is 3.11. The van der Waals surface area contributed by atoms with Gasteiger partial charge in [-0.1, -0.05) is 126 Å². The summed E-state index contributed by atoms with van der Waals surface area (Å²) in [6.45, 7) is 4.04. The first-order valence-corrected chi connectivity index (χ1v) is 19.4. The number of aliphatic hydroxyl groups excluding tert-OH is 4. The van der Waals surface area contributed by atoms with Crippen LogP contribution in [-0.4, -0.2) is 89.6 Å². The minimum Gasteiger partial charge on any atom is -0.457 e. The fraction of sp³-hybridized carbons (Fsp3) is 0.732. The second kappa shape index (κ2) is 32.8. The fourth-order valence-corrected chi connectivity index (χ4v) is 5.44. The van der Waals surface area contributed by atoms with Crippen LogP contribution in [0.4, 0.5) is 0 Å². The van der Waals surface area contributed by atoms with Crippen LogP contribution < -0.4 is 0 Å². The minimum absolute atomic E-state index is 0.123. The zero-order chi connectivity index (χ0) is 36.5. The minimum atomic E-state index is -1.53. The van der Waals surface area contributed by atoms with Crippen LogP contribution in [0.2, 0.25) is 0 Å². The Morgan fingerprint density at radius 2 is 1.18 bits per heavy atom. The van der Waals surface area contributed by atoms with E-state index in [2.05, 4.69) is 67.7 Å². The van der Waals surface area contributed by atoms with Crippen LogP contribution in [0, 0.1) is 0 Å². The lowest BCUT2D eigenvalue weighted by Crippen LogP contribution is -2.59. The van der Waals surface area contributed by atoms with Crippen molar-refractivity contribution in [2.75, 3.05) is 26.4 Å². The molecule has 0 aromatic rings. The van der Waals surface area contributed by atoms with Gasteiger partial charge in [0.1, 0.15) is 30.5 Å². The second-order valence-electron chi connectivity index (χ2n) is 13.0. The number of esters is 1. The lowest BCUT2D eigenvalue weighted by molar-refractivity contribution is -0.305. The molecular weight excluding hydrogens is 636 g/mol. The van der Waals surface area contributed by atoms with Gasteiger partial charge in [-0.3, -0.25) is 4.79 Å². The van der Waals surface area contributed by atoms with E-state index < -0.39 is 43.4 Å². The highest BCUT2D eigenvalue weighted by Gasteiger charge is 2.44. The van der Waals surface area contributed by atoms with Gasteiger partial charge in [-0.15, -0.1) is 0 Å². The molecule has 6 unspecified atom stereocenters. The highest BCUT2D eigenvalue weighted by atomic mass is 16.7. The van der Waals surface area contributed by atoms with Crippen LogP contribution in [0.15, 0.2) is 60.8 Å². The van der Waals surface area contributed by atoms with Crippen molar-refractivity contribution < 1.29 is 44.2 Å². The maximum Gasteiger partial charge on any atom is 0.306 e. The molecule has 0 radical (unpaired) electrons. The lowest BCUT2D eigenvalue weighted by atomic mass is 9.99. The Morgan fingerprint density at radius 3 is 1.72 bits per heavy atom. The molecule has 50 heavy (non-hydrogen) atoms. The van der Waals surface area contributed by atoms with Crippen molar-refractivity contribution in [3.63, 3.8) is 0 Å². The van der Waals surface area contributed by atoms with E-state index in [4.69, 9.17) is 18.9 Å². The lowest BCUT2D eigenvalue weighted by Gasteiger charge is -2.39. The van der Waals surface area contributed by atoms with Gasteiger partial charge in [0, 0.05) is 13.0 Å². The molecule has 1 saturated heterocycles. The van der Waals surface area contributed by atoms with E-state index in [0.717, 1.165) is 44.9 Å². The highest BCUT2D eigenvalue weighted by molar-refractivity contribution is 5.69. The zero-order valence-corrected chi connectivity index (χ0v) is 31.1. The predicted molar refractivity (Wildman–Crippen MR) is 201 cm³/mol. The molecule has 0 bridgehead atoms. The van der Waals surface area contributed by atoms with Crippen molar-refractivity contribution >= 4 is 5.97 Å². The molecule has 288 valence electrons. The van der Waals surface area contributed by atoms with E-state index >= 15 is 0 Å². The molecule has 0 aromatic heterocycles. The Balaban J connectivity index is 2.02. The van der Waals surface area contributed by atoms with Gasteiger partial charge in [0.25, 0.3) is 0 Å². The third-order valence-electron chi connectivity index (χ3n) is 8.42. The Hall–Kier alpha value is -2.11. The SMILES string of the molecule is CC/C=C\C/C=C\C/C=C\C/C=C\C/C=C\CCCCCCCCCCCCOCC(COC1OC(CO)C(O)C(O)C1O)OC(=O)CCC. The smallest absolute Gasteiger partial charge is 0.306 e. The van der Waals surface area contributed by atoms with Gasteiger partial charge in [-0.2, -0.15) is 0 Å². The summed E-state index contributed by atoms with van der Waals surface area (Å²) in [6, 6.07) is 0. The molecule has 0 spiro atoms. The number of carbonyl (C=O) groups excluding carboxylic acids is 1. The van der Waals surface area contributed by atoms with Crippen LogP contribution in [0.3, 0.4) is 0 Å². The van der Waals surface area contributed by atoms with Gasteiger partial charge in [-0.25, -0.2) is 0 Å². The van der Waals surface area contributed by atoms with Crippen molar-refractivity contribution in [3.8, 4) is 0 Å². The third-order valence-corrected chi connectivity index (χ3v) is 8.42. The first kappa shape index (κ1) is 45.9. The zero-order valence-electron chi connectivity index (χ0n) is 31.1. The highest BCUT2D eigenvalue weighted by Crippen LogP contribution is 2.22. The number of rotatable bonds is 31. The number of carbonyl (C=O) groups is 1. The van der Waals surface area contributed by atoms with Crippen LogP contribution >= 0.6 is 0 Å². The first-order valence-electron chi connectivity index (χ1n) is 19.4. The Bertz CT molecular complexity index is 942. The molecule has 9 nitrogen and oxygen atoms in total. The maximum absolute atomic E-state index is 12.1. The van der Waals surface area contributed by atoms with Crippen LogP contribution in [0.1, 0.15) is 129 Å². The standard InChI is InChI=1S/C41H70O9/c1-3-5-6-7-8-9-10-11-12-13-14-15-16-17-18-19-20-21-22-23-24-25-26-27-28-29-31-47-33-35(49-37(43)30-4-2)34-48-41-40(46)39(45)38(44)36(32-42)50-41/h5-6,8-9,11-12,14-15,17-18,35-36,38-42,44-46H,3-4,7,10,13,16,19-34H2,1-2H3/b6-5-,9-8-,12-11-,15-14-,18-17-. The largest absolute Gasteiger partial charge is 0.457 e. The molecule has 1 aliphatic heterocycles. The molecular formula is C41H70O9. The van der Waals surface area contributed by atoms with E-state index in [9.17, 15) is 25.2 Å². The van der Waals surface area contributed by atoms with Gasteiger partial charge < -0.3 is 39.4 Å². The van der Waals surface area contributed by atoms with Crippen molar-refractivity contribution in [3.05, 3.63) is 60.8 Å². The fourth-order valence-electron chi connectivity index (χ4n) is 5.44. The van der Waals surface area contributed by atoms with Crippen molar-refractivity contribution in [2.24, 2.45) is 0 Å². The van der Waals surface area contributed by atoms with Gasteiger partial charge in [0.15, 0.2) is 6.29 Å². The number of hydrogen-bond donors (Lipinski definition) is 4. The maximum atomic E-state index is 12.1. The van der Waals surface area contributed by atoms with Gasteiger partial charge in [-0.05, 0) is 57.8 Å². The quantitative estimate of drug-likeness (QED) is 0.0327. The summed E-state index contributed by atoms with van der Waals surface area (Å²) in [5, 5.41) is 39.5. The Labute approximate surface area is 303 Å². The van der Waals surface area contributed by atoms with Crippen LogP contribution in [0.25, 0.3) is 0 Å². The summed E-state index contributed by atoms with van der Waals surface area (Å²) in [4.78, 5) is 12.1. The van der Waals surface area contributed by atoms with Crippen LogP contribution in [-0.2, 0) is 23.7 Å². The molecule has 1 fully saturated rings. The topological polar surface area (TPSA) is 135 Å². The van der Waals surface area contributed by atoms with Crippen molar-refractivity contribution in [1.82, 2.24) is 0 Å². The van der Waals surface area contributed by atoms with E-state index in [1.54, 1.807) is 0 Å². The van der Waals surface area contributed by atoms with E-state index in [1.165, 1.54) is 57.8 Å². The summed E-state index contributed by atoms with van der Waals surface area (Å²) in [5.74, 6) is -0.371. The van der Waals surface area contributed by atoms with Gasteiger partial charge >= 0.3 is 5.97 Å². The number of ether oxygens (including phenoxy) is 4. The molecule has 1 aliphatic rings. The Kier molecular flexibility index (Phi) is 30.1. The summed E-state index contributed by atoms with van der Waals surface area (Å²) < 4.78 is 22.2. The second-order valence-corrected chi connectivity index (χ2v) is 13.0. The van der Waals surface area contributed by atoms with Crippen molar-refractivity contribution in [1.29, 1.82) is 0 Å². The molecule has 9 heteroatoms. The third kappa shape index (κ3) is 24.1. The average molecular weight is 707 g/mol. The van der Waals surface area contributed by atoms with Crippen molar-refractivity contribution in [2.45, 2.75) is 166 Å². The molecule has 0 aliphatic carbocycles. The number of aliphatic hydroxyl groups is 4. The normalized spacial score (nSPS) is 22.2. The summed E-state index contributed by atoms with van der Waals surface area (Å²) in [7, 11) is 0. The summed E-state index contributed by atoms with van der Waals surface area (Å²) in [6.07, 6.45) is 34.2. The van der Waals surface area contributed by atoms with Crippen LogP contribution in [0.5, 0.6) is 0 Å². The van der Waals surface area contributed by atoms with E-state index in [1.807, 2.05) is 6.92 Å². The Morgan fingerprint density at radius 1 is 0.660 bits per heavy atom. The molecule has 0 amide bonds. The molecule has 4 N–H and O–H groups in total. The number of unbranched alkanes of at least 4 members (excludes halogenated alkanes) is 10. The number of hydrogen-bond acceptors (Lipinski definition) is 9. The molecule has 0 aromatic carbocycles. The summed E-state index contributed by atoms with van der Waals surface area (Å²) >= 11 is 0. The monoisotopic (exact) mass is 707 g/mol. The molecule has 6 atom stereocenters. The first-order chi connectivity index (χ1) is 24.4. The van der Waals surface area contributed by atoms with E-state index in [0.29, 0.717) is 13.0 Å². The van der Waals surface area contributed by atoms with Gasteiger partial charge in [0.05, 0.1) is 19.8 Å². The molecule has 1 heterocycles. The van der Waals surface area contributed by atoms with Gasteiger partial charge in [0.2, 0.25) is 0 Å². The predicted octanol–water partition coefficient (Wildman–Crippen LogP) is 7.57. The molecule has 1 rings (SSSR count). The number of allylic oxidation sites excluding steroid dienone is 10. The molecule has 0 saturated carbocycles. The summed E-state index contributed by atoms with van der Waals surface area (Å²) in [5.41, 5.74) is 0. The van der Waals surface area contributed by atoms with E-state index in [-0.39, 0.29) is 25.6 Å².